The van der Waals surface area contributed by atoms with E-state index in [-0.39, 0.29) is 18.1 Å². The molecule has 2 aromatic heterocycles. The number of benzene rings is 3. The van der Waals surface area contributed by atoms with E-state index in [1.165, 1.54) is 0 Å². The Balaban J connectivity index is 1.25. The van der Waals surface area contributed by atoms with Gasteiger partial charge in [-0.1, -0.05) is 91.0 Å². The van der Waals surface area contributed by atoms with Crippen molar-refractivity contribution in [3.05, 3.63) is 114 Å². The largest absolute Gasteiger partial charge is 0.471 e. The van der Waals surface area contributed by atoms with Crippen molar-refractivity contribution in [1.29, 1.82) is 0 Å². The summed E-state index contributed by atoms with van der Waals surface area (Å²) >= 11 is 2.24. The number of fused-ring (bicyclic) bond motifs is 1. The second-order valence-electron chi connectivity index (χ2n) is 10.5. The van der Waals surface area contributed by atoms with Crippen molar-refractivity contribution in [2.45, 2.75) is 44.5 Å². The molecular formula is C32H33IN5O4P. The van der Waals surface area contributed by atoms with Gasteiger partial charge in [0.15, 0.2) is 11.2 Å². The first kappa shape index (κ1) is 29.9. The fourth-order valence-electron chi connectivity index (χ4n) is 5.46. The highest BCUT2D eigenvalue weighted by molar-refractivity contribution is 14.2. The number of imidazole rings is 1. The zero-order chi connectivity index (χ0) is 29.4. The molecule has 0 radical (unpaired) electrons. The fraction of sp³-hybridized carbons (Fsp3) is 0.281. The monoisotopic (exact) mass is 709 g/mol. The molecule has 1 aliphatic carbocycles. The van der Waals surface area contributed by atoms with E-state index in [4.69, 9.17) is 19.2 Å². The summed E-state index contributed by atoms with van der Waals surface area (Å²) in [5.74, 6) is 0.618. The first-order chi connectivity index (χ1) is 21.2. The van der Waals surface area contributed by atoms with Gasteiger partial charge in [-0.05, 0) is 45.2 Å². The third-order valence-electron chi connectivity index (χ3n) is 7.64. The van der Waals surface area contributed by atoms with E-state index in [0.717, 1.165) is 16.7 Å². The summed E-state index contributed by atoms with van der Waals surface area (Å²) in [6.45, 7) is 1.64. The van der Waals surface area contributed by atoms with Gasteiger partial charge in [-0.3, -0.25) is 0 Å². The highest BCUT2D eigenvalue weighted by Crippen LogP contribution is 2.40. The summed E-state index contributed by atoms with van der Waals surface area (Å²) in [5.41, 5.74) is 4.36. The van der Waals surface area contributed by atoms with E-state index in [0.29, 0.717) is 62.2 Å². The van der Waals surface area contributed by atoms with Crippen LogP contribution in [0.1, 0.15) is 29.2 Å². The van der Waals surface area contributed by atoms with Crippen LogP contribution in [0.2, 0.25) is 0 Å². The first-order valence-corrected chi connectivity index (χ1v) is 18.3. The molecule has 222 valence electrons. The van der Waals surface area contributed by atoms with Crippen LogP contribution in [-0.2, 0) is 29.3 Å². The van der Waals surface area contributed by atoms with E-state index in [2.05, 4.69) is 37.1 Å². The van der Waals surface area contributed by atoms with Crippen molar-refractivity contribution in [2.24, 2.45) is 5.92 Å². The van der Waals surface area contributed by atoms with E-state index >= 15 is 0 Å². The van der Waals surface area contributed by atoms with Crippen molar-refractivity contribution >= 4 is 45.5 Å². The van der Waals surface area contributed by atoms with Gasteiger partial charge in [0.2, 0.25) is 11.8 Å². The number of ether oxygens (including phenoxy) is 3. The maximum absolute atomic E-state index is 11.7. The third-order valence-corrected chi connectivity index (χ3v) is 8.76. The smallest absolute Gasteiger partial charge is 0.247 e. The lowest BCUT2D eigenvalue weighted by atomic mass is 10.0. The normalized spacial score (nSPS) is 20.2. The van der Waals surface area contributed by atoms with Crippen LogP contribution in [-0.4, -0.2) is 43.4 Å². The Morgan fingerprint density at radius 2 is 1.49 bits per heavy atom. The van der Waals surface area contributed by atoms with E-state index in [1.807, 2.05) is 95.6 Å². The number of aliphatic hydroxyl groups excluding tert-OH is 1. The van der Waals surface area contributed by atoms with E-state index < -0.39 is 6.10 Å². The average Bonchev–Trinajstić information content (AvgIpc) is 3.61. The van der Waals surface area contributed by atoms with Gasteiger partial charge in [0.25, 0.3) is 0 Å². The Hall–Kier alpha value is -3.15. The van der Waals surface area contributed by atoms with Gasteiger partial charge >= 0.3 is 0 Å². The van der Waals surface area contributed by atoms with Crippen LogP contribution in [0, 0.1) is 5.92 Å². The second-order valence-corrected chi connectivity index (χ2v) is 12.5. The molecule has 5 atom stereocenters. The van der Waals surface area contributed by atoms with Gasteiger partial charge in [0, 0.05) is 12.3 Å². The molecule has 2 N–H and O–H groups in total. The van der Waals surface area contributed by atoms with Gasteiger partial charge in [-0.25, -0.2) is 4.98 Å². The van der Waals surface area contributed by atoms with Crippen LogP contribution in [0.5, 0.6) is 5.88 Å². The number of hydrogen-bond donors (Lipinski definition) is 2. The molecule has 0 amide bonds. The molecule has 0 spiro atoms. The summed E-state index contributed by atoms with van der Waals surface area (Å²) in [4.78, 5) is 14.0. The minimum atomic E-state index is -0.736. The van der Waals surface area contributed by atoms with Crippen molar-refractivity contribution in [3.8, 4) is 5.88 Å². The van der Waals surface area contributed by atoms with Crippen LogP contribution in [0.15, 0.2) is 97.3 Å². The van der Waals surface area contributed by atoms with Crippen molar-refractivity contribution in [3.63, 3.8) is 0 Å². The Morgan fingerprint density at radius 1 is 0.860 bits per heavy atom. The number of halogens is 1. The van der Waals surface area contributed by atoms with Crippen molar-refractivity contribution in [1.82, 2.24) is 19.5 Å². The molecule has 3 aromatic carbocycles. The predicted molar refractivity (Wildman–Crippen MR) is 176 cm³/mol. The standard InChI is InChI=1S/C32H33IN5O4P/c33-43-37-32-35-30-28(31(36-32)42-19-24-14-8-3-9-15-24)34-21-38(30)26-16-27(41-18-23-12-6-2-7-13-23)25(29(26)39)20-40-17-22-10-4-1-5-11-22/h1-15,21,25-27,29,39,43H,16-20H2,(H,35,36,37)/t25-,26+,27+,29+/m1/s1. The second kappa shape index (κ2) is 14.5. The molecule has 0 bridgehead atoms. The maximum atomic E-state index is 11.7. The van der Waals surface area contributed by atoms with E-state index in [1.54, 1.807) is 6.33 Å². The van der Waals surface area contributed by atoms with Gasteiger partial charge < -0.3 is 29.0 Å². The molecule has 1 fully saturated rings. The van der Waals surface area contributed by atoms with Crippen LogP contribution < -0.4 is 9.82 Å². The summed E-state index contributed by atoms with van der Waals surface area (Å²) in [5, 5.41) is 15.0. The fourth-order valence-corrected chi connectivity index (χ4v) is 6.38. The molecule has 0 saturated heterocycles. The number of nitrogens with one attached hydrogen (secondary N) is 1. The summed E-state index contributed by atoms with van der Waals surface area (Å²) in [7, 11) is 0. The predicted octanol–water partition coefficient (Wildman–Crippen LogP) is 6.48. The molecule has 1 saturated carbocycles. The highest BCUT2D eigenvalue weighted by atomic mass is 127. The number of aromatic nitrogens is 4. The molecule has 2 heterocycles. The molecule has 1 aliphatic rings. The SMILES string of the molecule is O[C@H]1[C@H](COCc2ccccc2)[C@@H](OCc2ccccc2)C[C@@H]1n1cnc2c(OCc3ccccc3)nc(NPI)nc21. The van der Waals surface area contributed by atoms with Crippen LogP contribution in [0.25, 0.3) is 11.2 Å². The number of aliphatic hydroxyl groups is 1. The zero-order valence-corrected chi connectivity index (χ0v) is 26.6. The summed E-state index contributed by atoms with van der Waals surface area (Å²) in [6, 6.07) is 29.8. The van der Waals surface area contributed by atoms with Gasteiger partial charge in [-0.2, -0.15) is 9.97 Å². The molecule has 0 aliphatic heterocycles. The molecule has 6 rings (SSSR count). The Morgan fingerprint density at radius 3 is 2.14 bits per heavy atom. The summed E-state index contributed by atoms with van der Waals surface area (Å²) in [6.07, 6.45) is 1.72. The minimum absolute atomic E-state index is 0.225. The lowest BCUT2D eigenvalue weighted by Gasteiger charge is -2.23. The van der Waals surface area contributed by atoms with Crippen LogP contribution >= 0.6 is 28.4 Å². The molecule has 43 heavy (non-hydrogen) atoms. The maximum Gasteiger partial charge on any atom is 0.247 e. The minimum Gasteiger partial charge on any atom is -0.471 e. The Labute approximate surface area is 265 Å². The van der Waals surface area contributed by atoms with Gasteiger partial charge in [0.05, 0.1) is 44.4 Å². The molecular weight excluding hydrogens is 676 g/mol. The lowest BCUT2D eigenvalue weighted by molar-refractivity contribution is -0.0475. The van der Waals surface area contributed by atoms with Crippen LogP contribution in [0.3, 0.4) is 0 Å². The van der Waals surface area contributed by atoms with E-state index in [9.17, 15) is 5.11 Å². The highest BCUT2D eigenvalue weighted by Gasteiger charge is 2.45. The number of nitrogens with zero attached hydrogens (tertiary/aromatic N) is 4. The average molecular weight is 710 g/mol. The zero-order valence-electron chi connectivity index (χ0n) is 23.4. The molecule has 11 heteroatoms. The number of rotatable bonds is 13. The lowest BCUT2D eigenvalue weighted by Crippen LogP contribution is -2.31. The number of hydrogen-bond acceptors (Lipinski definition) is 8. The molecule has 9 nitrogen and oxygen atoms in total. The quantitative estimate of drug-likeness (QED) is 0.106. The number of anilines is 1. The van der Waals surface area contributed by atoms with Crippen LogP contribution in [0.4, 0.5) is 5.95 Å². The summed E-state index contributed by atoms with van der Waals surface area (Å²) < 4.78 is 20.7. The topological polar surface area (TPSA) is 104 Å². The Bertz CT molecular complexity index is 1600. The van der Waals surface area contributed by atoms with Gasteiger partial charge in [-0.15, -0.1) is 0 Å². The van der Waals surface area contributed by atoms with Crippen molar-refractivity contribution < 1.29 is 19.3 Å². The first-order valence-electron chi connectivity index (χ1n) is 14.2. The molecule has 1 unspecified atom stereocenters. The molecule has 5 aromatic rings. The Kier molecular flexibility index (Phi) is 10.1. The third kappa shape index (κ3) is 7.33. The van der Waals surface area contributed by atoms with Gasteiger partial charge in [0.1, 0.15) is 6.61 Å². The van der Waals surface area contributed by atoms with Crippen molar-refractivity contribution in [2.75, 3.05) is 11.7 Å².